The van der Waals surface area contributed by atoms with Crippen molar-refractivity contribution in [3.8, 4) is 5.75 Å². The fraction of sp³-hybridized carbons (Fsp3) is 0.264. The maximum absolute atomic E-state index is 12.9. The maximum Gasteiger partial charge on any atom is 0.416 e. The number of hydrogen-bond acceptors (Lipinski definition) is 10. The van der Waals surface area contributed by atoms with Crippen LogP contribution in [0.1, 0.15) is 93.0 Å². The van der Waals surface area contributed by atoms with Crippen LogP contribution in [0.3, 0.4) is 0 Å². The second kappa shape index (κ2) is 19.1. The van der Waals surface area contributed by atoms with Crippen molar-refractivity contribution in [1.82, 2.24) is 16.0 Å². The van der Waals surface area contributed by atoms with Crippen molar-refractivity contribution in [2.45, 2.75) is 82.5 Å². The Labute approximate surface area is 393 Å². The molecule has 0 amide bonds. The second-order valence-electron chi connectivity index (χ2n) is 17.4. The first-order valence-corrected chi connectivity index (χ1v) is 23.1. The molecule has 10 nitrogen and oxygen atoms in total. The summed E-state index contributed by atoms with van der Waals surface area (Å²) in [5.74, 6) is 3.08. The predicted molar refractivity (Wildman–Crippen MR) is 262 cm³/mol. The Bertz CT molecular complexity index is 2900. The number of benzene rings is 6. The number of aryl methyl sites for hydroxylation is 3. The van der Waals surface area contributed by atoms with E-state index in [9.17, 15) is 13.2 Å². The zero-order valence-corrected chi connectivity index (χ0v) is 37.7. The van der Waals surface area contributed by atoms with Gasteiger partial charge >= 0.3 is 6.18 Å². The van der Waals surface area contributed by atoms with Gasteiger partial charge in [-0.15, -0.1) is 0 Å². The second-order valence-corrected chi connectivity index (χ2v) is 17.8. The molecule has 6 aromatic carbocycles. The molecule has 0 fully saturated rings. The van der Waals surface area contributed by atoms with Gasteiger partial charge in [-0.2, -0.15) is 13.2 Å². The summed E-state index contributed by atoms with van der Waals surface area (Å²) in [4.78, 5) is 13.6. The number of hydrogen-bond donors (Lipinski definition) is 6. The van der Waals surface area contributed by atoms with E-state index in [-0.39, 0.29) is 6.04 Å². The van der Waals surface area contributed by atoms with Crippen molar-refractivity contribution in [2.24, 2.45) is 15.0 Å². The third-order valence-corrected chi connectivity index (χ3v) is 13.4. The van der Waals surface area contributed by atoms with Crippen molar-refractivity contribution in [1.29, 1.82) is 0 Å². The molecule has 14 heteroatoms. The van der Waals surface area contributed by atoms with Gasteiger partial charge in [0.15, 0.2) is 17.9 Å². The first-order chi connectivity index (χ1) is 32.6. The van der Waals surface area contributed by atoms with Crippen molar-refractivity contribution in [3.63, 3.8) is 0 Å². The van der Waals surface area contributed by atoms with Crippen molar-refractivity contribution < 1.29 is 17.9 Å². The minimum Gasteiger partial charge on any atom is -0.497 e. The normalized spacial score (nSPS) is 19.1. The van der Waals surface area contributed by atoms with Crippen LogP contribution in [0.15, 0.2) is 142 Å². The largest absolute Gasteiger partial charge is 0.497 e. The van der Waals surface area contributed by atoms with Gasteiger partial charge in [0.2, 0.25) is 0 Å². The van der Waals surface area contributed by atoms with Crippen molar-refractivity contribution in [3.05, 3.63) is 188 Å². The molecule has 0 bridgehead atoms. The highest BCUT2D eigenvalue weighted by Crippen LogP contribution is 2.36. The lowest BCUT2D eigenvalue weighted by Gasteiger charge is -2.23. The maximum atomic E-state index is 12.9. The summed E-state index contributed by atoms with van der Waals surface area (Å²) in [6, 6.07) is 42.0. The molecule has 0 saturated heterocycles. The van der Waals surface area contributed by atoms with E-state index in [1.165, 1.54) is 50.6 Å². The number of alkyl halides is 3. The quantitative estimate of drug-likeness (QED) is 0.104. The molecule has 6 N–H and O–H groups in total. The Kier molecular flexibility index (Phi) is 12.5. The van der Waals surface area contributed by atoms with Gasteiger partial charge in [0, 0.05) is 28.2 Å². The number of nitrogens with zero attached hydrogens (tertiary/aromatic N) is 3. The first kappa shape index (κ1) is 43.9. The van der Waals surface area contributed by atoms with Crippen LogP contribution < -0.4 is 36.6 Å². The lowest BCUT2D eigenvalue weighted by molar-refractivity contribution is -0.137. The molecule has 0 radical (unpaired) electrons. The van der Waals surface area contributed by atoms with Gasteiger partial charge in [0.1, 0.15) is 5.75 Å². The molecule has 67 heavy (non-hydrogen) atoms. The number of anilines is 3. The highest BCUT2D eigenvalue weighted by Gasteiger charge is 2.32. The van der Waals surface area contributed by atoms with Crippen LogP contribution in [0.25, 0.3) is 0 Å². The molecule has 6 aromatic rings. The van der Waals surface area contributed by atoms with E-state index in [0.29, 0.717) is 43.4 Å². The van der Waals surface area contributed by atoms with Crippen molar-refractivity contribution in [2.75, 3.05) is 23.1 Å². The van der Waals surface area contributed by atoms with Gasteiger partial charge in [-0.05, 0) is 119 Å². The van der Waals surface area contributed by atoms with Crippen LogP contribution in [-0.2, 0) is 45.1 Å². The topological polar surface area (TPSA) is 118 Å². The summed E-state index contributed by atoms with van der Waals surface area (Å²) in [6.07, 6.45) is 2.09. The monoisotopic (exact) mass is 921 g/mol. The number of methoxy groups -OCH3 is 1. The van der Waals surface area contributed by atoms with Crippen LogP contribution in [0.2, 0.25) is 5.02 Å². The Balaban J connectivity index is 0.000000118. The summed E-state index contributed by atoms with van der Waals surface area (Å²) in [6.45, 7) is 1.76. The number of guanidine groups is 3. The molecule has 0 spiro atoms. The van der Waals surface area contributed by atoms with E-state index in [0.717, 1.165) is 90.3 Å². The number of ether oxygens (including phenoxy) is 1. The van der Waals surface area contributed by atoms with E-state index in [1.54, 1.807) is 7.11 Å². The van der Waals surface area contributed by atoms with Crippen LogP contribution in [-0.4, -0.2) is 25.0 Å². The Morgan fingerprint density at radius 1 is 0.507 bits per heavy atom. The van der Waals surface area contributed by atoms with E-state index in [4.69, 9.17) is 16.3 Å². The third-order valence-electron chi connectivity index (χ3n) is 13.1. The molecule has 3 atom stereocenters. The molecule has 3 unspecified atom stereocenters. The summed E-state index contributed by atoms with van der Waals surface area (Å²) in [5, 5.41) is 20.9. The standard InChI is InChI=1S/C18H16F3N3.C18H19N3O.C17H16ClN3/c19-18(20,21)13-7-5-12-10-22-17(24-16(12)9-13)23-15-8-6-11-3-1-2-4-14(11)15;1-22-14-8-6-13-11-19-18(21-17(13)10-14)20-16-9-7-12-4-2-3-5-15(12)16;18-13-7-5-12-10-19-17(21-16(12)9-13)20-15-8-6-11-3-1-2-4-14(11)15/h1-5,7,9,15H,6,8,10H2,(H2,22,23,24);2-6,8,10,16H,7,9,11H2,1H3,(H2,19,20,21);1-5,7,9,15H,6,8,10H2,(H2,19,20,21). The minimum absolute atomic E-state index is 0.139. The zero-order chi connectivity index (χ0) is 45.9. The molecular formula is C53H51ClF3N9O. The van der Waals surface area contributed by atoms with Gasteiger partial charge in [-0.3, -0.25) is 0 Å². The zero-order valence-electron chi connectivity index (χ0n) is 37.0. The summed E-state index contributed by atoms with van der Waals surface area (Å²) >= 11 is 6.06. The van der Waals surface area contributed by atoms with Gasteiger partial charge in [0.25, 0.3) is 0 Å². The van der Waals surface area contributed by atoms with Gasteiger partial charge in [-0.25, -0.2) is 15.0 Å². The molecule has 3 aliphatic heterocycles. The van der Waals surface area contributed by atoms with Crippen LogP contribution >= 0.6 is 11.6 Å². The fourth-order valence-electron chi connectivity index (χ4n) is 9.60. The molecule has 3 heterocycles. The van der Waals surface area contributed by atoms with Crippen molar-refractivity contribution >= 4 is 46.5 Å². The van der Waals surface area contributed by atoms with Crippen LogP contribution in [0.4, 0.5) is 30.2 Å². The summed E-state index contributed by atoms with van der Waals surface area (Å²) in [7, 11) is 1.69. The van der Waals surface area contributed by atoms with Gasteiger partial charge in [-0.1, -0.05) is 103 Å². The Morgan fingerprint density at radius 3 is 1.36 bits per heavy atom. The highest BCUT2D eigenvalue weighted by molar-refractivity contribution is 6.31. The fourth-order valence-corrected chi connectivity index (χ4v) is 9.77. The molecule has 3 aliphatic carbocycles. The third kappa shape index (κ3) is 9.93. The average molecular weight is 922 g/mol. The molecule has 6 aliphatic rings. The molecular weight excluding hydrogens is 871 g/mol. The SMILES string of the molecule is COc1ccc2c(c1)NC(NC1CCc3ccccc31)=NC2.Clc1ccc2c(c1)NC(NC1CCc3ccccc31)=NC2.FC(F)(F)c1ccc2c(c1)NC(NC1CCc3ccccc31)=NC2. The Hall–Kier alpha value is -6.99. The van der Waals surface area contributed by atoms with Gasteiger partial charge < -0.3 is 36.6 Å². The molecule has 12 rings (SSSR count). The van der Waals surface area contributed by atoms with E-state index in [2.05, 4.69) is 114 Å². The smallest absolute Gasteiger partial charge is 0.416 e. The molecule has 0 aromatic heterocycles. The van der Waals surface area contributed by atoms with E-state index in [1.807, 2.05) is 42.5 Å². The number of nitrogens with one attached hydrogen (secondary N) is 6. The van der Waals surface area contributed by atoms with Gasteiger partial charge in [0.05, 0.1) is 50.4 Å². The van der Waals surface area contributed by atoms with E-state index >= 15 is 0 Å². The molecule has 0 saturated carbocycles. The number of rotatable bonds is 4. The lowest BCUT2D eigenvalue weighted by Crippen LogP contribution is -2.35. The number of aliphatic imine (C=N–C) groups is 3. The highest BCUT2D eigenvalue weighted by atomic mass is 35.5. The number of halogens is 4. The van der Waals surface area contributed by atoms with Crippen LogP contribution in [0, 0.1) is 0 Å². The number of fused-ring (bicyclic) bond motifs is 6. The minimum atomic E-state index is -4.34. The lowest BCUT2D eigenvalue weighted by atomic mass is 10.1. The summed E-state index contributed by atoms with van der Waals surface area (Å²) < 4.78 is 43.9. The first-order valence-electron chi connectivity index (χ1n) is 22.8. The average Bonchev–Trinajstić information content (AvgIpc) is 4.08. The predicted octanol–water partition coefficient (Wildman–Crippen LogP) is 11.4. The molecule has 342 valence electrons. The Morgan fingerprint density at radius 2 is 0.910 bits per heavy atom. The summed E-state index contributed by atoms with van der Waals surface area (Å²) in [5.41, 5.74) is 13.3. The van der Waals surface area contributed by atoms with E-state index < -0.39 is 11.7 Å². The van der Waals surface area contributed by atoms with Crippen LogP contribution in [0.5, 0.6) is 5.75 Å².